The number of hydrogen-bond acceptors (Lipinski definition) is 4. The first-order valence-electron chi connectivity index (χ1n) is 8.59. The summed E-state index contributed by atoms with van der Waals surface area (Å²) < 4.78 is 5.50. The van der Waals surface area contributed by atoms with Crippen LogP contribution in [-0.2, 0) is 11.3 Å². The summed E-state index contributed by atoms with van der Waals surface area (Å²) >= 11 is 0. The minimum atomic E-state index is -0.0151. The molecule has 2 atom stereocenters. The zero-order chi connectivity index (χ0) is 16.1. The Kier molecular flexibility index (Phi) is 7.34. The van der Waals surface area contributed by atoms with Gasteiger partial charge in [0.15, 0.2) is 0 Å². The second-order valence-electron chi connectivity index (χ2n) is 6.64. The lowest BCUT2D eigenvalue weighted by atomic mass is 9.89. The SMILES string of the molecule is Cl.O=C(CC1CC2CCC(C1)N2)NCc1ccccc1OCCO. The van der Waals surface area contributed by atoms with E-state index in [1.807, 2.05) is 24.3 Å². The summed E-state index contributed by atoms with van der Waals surface area (Å²) in [5.41, 5.74) is 0.944. The third kappa shape index (κ3) is 5.10. The van der Waals surface area contributed by atoms with E-state index in [2.05, 4.69) is 10.6 Å². The molecule has 0 spiro atoms. The molecule has 1 aromatic rings. The van der Waals surface area contributed by atoms with Gasteiger partial charge in [-0.3, -0.25) is 4.79 Å². The molecule has 0 radical (unpaired) electrons. The number of rotatable bonds is 7. The molecule has 134 valence electrons. The van der Waals surface area contributed by atoms with Crippen LogP contribution in [0.4, 0.5) is 0 Å². The molecule has 0 aliphatic carbocycles. The summed E-state index contributed by atoms with van der Waals surface area (Å²) in [5, 5.41) is 15.5. The number of halogens is 1. The number of fused-ring (bicyclic) bond motifs is 2. The van der Waals surface area contributed by atoms with E-state index in [-0.39, 0.29) is 31.5 Å². The maximum Gasteiger partial charge on any atom is 0.220 e. The Bertz CT molecular complexity index is 529. The van der Waals surface area contributed by atoms with Crippen LogP contribution in [0.15, 0.2) is 24.3 Å². The third-order valence-corrected chi connectivity index (χ3v) is 4.84. The lowest BCUT2D eigenvalue weighted by molar-refractivity contribution is -0.122. The first-order valence-corrected chi connectivity index (χ1v) is 8.59. The zero-order valence-electron chi connectivity index (χ0n) is 13.9. The Morgan fingerprint density at radius 1 is 1.25 bits per heavy atom. The predicted octanol–water partition coefficient (Wildman–Crippen LogP) is 2.02. The van der Waals surface area contributed by atoms with E-state index in [1.54, 1.807) is 0 Å². The van der Waals surface area contributed by atoms with E-state index in [9.17, 15) is 4.79 Å². The Morgan fingerprint density at radius 2 is 1.96 bits per heavy atom. The maximum atomic E-state index is 12.2. The molecule has 1 aromatic carbocycles. The van der Waals surface area contributed by atoms with Crippen molar-refractivity contribution >= 4 is 18.3 Å². The fraction of sp³-hybridized carbons (Fsp3) is 0.611. The fourth-order valence-corrected chi connectivity index (χ4v) is 3.82. The molecule has 2 heterocycles. The highest BCUT2D eigenvalue weighted by atomic mass is 35.5. The Labute approximate surface area is 149 Å². The van der Waals surface area contributed by atoms with Gasteiger partial charge in [0.25, 0.3) is 0 Å². The van der Waals surface area contributed by atoms with Gasteiger partial charge in [-0.1, -0.05) is 18.2 Å². The second kappa shape index (κ2) is 9.25. The van der Waals surface area contributed by atoms with Crippen LogP contribution in [0.3, 0.4) is 0 Å². The van der Waals surface area contributed by atoms with Crippen LogP contribution in [0.5, 0.6) is 5.75 Å². The molecule has 1 amide bonds. The van der Waals surface area contributed by atoms with Crippen LogP contribution in [-0.4, -0.2) is 36.3 Å². The van der Waals surface area contributed by atoms with Crippen molar-refractivity contribution < 1.29 is 14.6 Å². The van der Waals surface area contributed by atoms with Gasteiger partial charge < -0.3 is 20.5 Å². The van der Waals surface area contributed by atoms with E-state index in [0.29, 0.717) is 31.0 Å². The second-order valence-corrected chi connectivity index (χ2v) is 6.64. The average molecular weight is 355 g/mol. The minimum absolute atomic E-state index is 0. The Hall–Kier alpha value is -1.30. The summed E-state index contributed by atoms with van der Waals surface area (Å²) in [5.74, 6) is 1.35. The molecule has 3 N–H and O–H groups in total. The first-order chi connectivity index (χ1) is 11.2. The summed E-state index contributed by atoms with van der Waals surface area (Å²) in [7, 11) is 0. The average Bonchev–Trinajstić information content (AvgIpc) is 2.90. The topological polar surface area (TPSA) is 70.6 Å². The van der Waals surface area contributed by atoms with Crippen molar-refractivity contribution in [2.75, 3.05) is 13.2 Å². The maximum absolute atomic E-state index is 12.2. The van der Waals surface area contributed by atoms with Crippen LogP contribution in [0.25, 0.3) is 0 Å². The van der Waals surface area contributed by atoms with E-state index < -0.39 is 0 Å². The number of hydrogen-bond donors (Lipinski definition) is 3. The monoisotopic (exact) mass is 354 g/mol. The normalized spacial score (nSPS) is 25.0. The summed E-state index contributed by atoms with van der Waals surface area (Å²) in [4.78, 5) is 12.2. The van der Waals surface area contributed by atoms with Crippen molar-refractivity contribution in [3.63, 3.8) is 0 Å². The van der Waals surface area contributed by atoms with Gasteiger partial charge >= 0.3 is 0 Å². The number of piperidine rings is 1. The van der Waals surface area contributed by atoms with Crippen LogP contribution < -0.4 is 15.4 Å². The molecular formula is C18H27ClN2O3. The van der Waals surface area contributed by atoms with Gasteiger partial charge in [0.05, 0.1) is 6.61 Å². The molecule has 6 heteroatoms. The molecule has 2 bridgehead atoms. The van der Waals surface area contributed by atoms with Crippen molar-refractivity contribution in [2.45, 2.75) is 50.7 Å². The quantitative estimate of drug-likeness (QED) is 0.700. The number of amides is 1. The van der Waals surface area contributed by atoms with Gasteiger partial charge in [-0.2, -0.15) is 0 Å². The highest BCUT2D eigenvalue weighted by molar-refractivity contribution is 5.85. The fourth-order valence-electron chi connectivity index (χ4n) is 3.82. The number of ether oxygens (including phenoxy) is 1. The molecule has 2 aliphatic heterocycles. The van der Waals surface area contributed by atoms with Gasteiger partial charge in [0, 0.05) is 30.6 Å². The van der Waals surface area contributed by atoms with Gasteiger partial charge in [-0.05, 0) is 37.7 Å². The molecule has 2 unspecified atom stereocenters. The number of carbonyl (C=O) groups excluding carboxylic acids is 1. The zero-order valence-corrected chi connectivity index (χ0v) is 14.7. The molecule has 5 nitrogen and oxygen atoms in total. The molecule has 2 aliphatic rings. The summed E-state index contributed by atoms with van der Waals surface area (Å²) in [6.45, 7) is 0.722. The Morgan fingerprint density at radius 3 is 2.67 bits per heavy atom. The largest absolute Gasteiger partial charge is 0.491 e. The summed E-state index contributed by atoms with van der Waals surface area (Å²) in [6, 6.07) is 8.87. The van der Waals surface area contributed by atoms with E-state index >= 15 is 0 Å². The van der Waals surface area contributed by atoms with Crippen molar-refractivity contribution in [2.24, 2.45) is 5.92 Å². The van der Waals surface area contributed by atoms with Crippen molar-refractivity contribution in [1.82, 2.24) is 10.6 Å². The predicted molar refractivity (Wildman–Crippen MR) is 95.4 cm³/mol. The molecule has 2 saturated heterocycles. The van der Waals surface area contributed by atoms with Crippen molar-refractivity contribution in [3.8, 4) is 5.75 Å². The van der Waals surface area contributed by atoms with Crippen LogP contribution in [0.1, 0.15) is 37.7 Å². The number of para-hydroxylation sites is 1. The van der Waals surface area contributed by atoms with Crippen molar-refractivity contribution in [1.29, 1.82) is 0 Å². The third-order valence-electron chi connectivity index (χ3n) is 4.84. The smallest absolute Gasteiger partial charge is 0.220 e. The van der Waals surface area contributed by atoms with E-state index in [4.69, 9.17) is 9.84 Å². The molecule has 2 fully saturated rings. The number of aliphatic hydroxyl groups is 1. The molecule has 3 rings (SSSR count). The number of carbonyl (C=O) groups is 1. The van der Waals surface area contributed by atoms with Crippen LogP contribution >= 0.6 is 12.4 Å². The summed E-state index contributed by atoms with van der Waals surface area (Å²) in [6.07, 6.45) is 5.39. The number of aliphatic hydroxyl groups excluding tert-OH is 1. The number of nitrogens with one attached hydrogen (secondary N) is 2. The molecular weight excluding hydrogens is 328 g/mol. The standard InChI is InChI=1S/C18H26N2O3.ClH/c21-7-8-23-17-4-2-1-3-14(17)12-19-18(22)11-13-9-15-5-6-16(10-13)20-15;/h1-4,13,15-16,20-21H,5-12H2,(H,19,22);1H. The minimum Gasteiger partial charge on any atom is -0.491 e. The lowest BCUT2D eigenvalue weighted by Gasteiger charge is -2.28. The van der Waals surface area contributed by atoms with E-state index in [1.165, 1.54) is 12.8 Å². The van der Waals surface area contributed by atoms with Crippen LogP contribution in [0, 0.1) is 5.92 Å². The molecule has 24 heavy (non-hydrogen) atoms. The first kappa shape index (κ1) is 19.0. The van der Waals surface area contributed by atoms with Gasteiger partial charge in [-0.15, -0.1) is 12.4 Å². The lowest BCUT2D eigenvalue weighted by Crippen LogP contribution is -2.39. The van der Waals surface area contributed by atoms with Crippen LogP contribution in [0.2, 0.25) is 0 Å². The molecule has 0 saturated carbocycles. The highest BCUT2D eigenvalue weighted by Crippen LogP contribution is 2.32. The van der Waals surface area contributed by atoms with E-state index in [0.717, 1.165) is 24.2 Å². The van der Waals surface area contributed by atoms with Crippen molar-refractivity contribution in [3.05, 3.63) is 29.8 Å². The highest BCUT2D eigenvalue weighted by Gasteiger charge is 2.34. The van der Waals surface area contributed by atoms with Gasteiger partial charge in [0.1, 0.15) is 12.4 Å². The van der Waals surface area contributed by atoms with Gasteiger partial charge in [-0.25, -0.2) is 0 Å². The Balaban J connectivity index is 0.00000208. The number of benzene rings is 1. The molecule has 0 aromatic heterocycles. The van der Waals surface area contributed by atoms with Gasteiger partial charge in [0.2, 0.25) is 5.91 Å².